The lowest BCUT2D eigenvalue weighted by Crippen LogP contribution is -2.22. The van der Waals surface area contributed by atoms with Crippen LogP contribution >= 0.6 is 11.6 Å². The number of para-hydroxylation sites is 1. The molecular formula is C21H21ClO3. The van der Waals surface area contributed by atoms with Crippen molar-refractivity contribution in [2.24, 2.45) is 5.92 Å². The van der Waals surface area contributed by atoms with Gasteiger partial charge in [0.05, 0.1) is 7.11 Å². The highest BCUT2D eigenvalue weighted by Gasteiger charge is 2.34. The highest BCUT2D eigenvalue weighted by molar-refractivity contribution is 6.25. The van der Waals surface area contributed by atoms with E-state index in [2.05, 4.69) is 18.2 Å². The summed E-state index contributed by atoms with van der Waals surface area (Å²) in [6.07, 6.45) is 9.42. The minimum absolute atomic E-state index is 0.0586. The number of benzene rings is 1. The molecule has 0 aliphatic heterocycles. The molecule has 25 heavy (non-hydrogen) atoms. The van der Waals surface area contributed by atoms with Crippen molar-refractivity contribution in [3.05, 3.63) is 64.9 Å². The Bertz CT molecular complexity index is 857. The third kappa shape index (κ3) is 3.29. The van der Waals surface area contributed by atoms with Crippen LogP contribution in [-0.4, -0.2) is 13.1 Å². The van der Waals surface area contributed by atoms with E-state index in [0.717, 1.165) is 28.7 Å². The first-order valence-corrected chi connectivity index (χ1v) is 8.82. The summed E-state index contributed by atoms with van der Waals surface area (Å²) < 4.78 is 11.2. The zero-order chi connectivity index (χ0) is 17.8. The van der Waals surface area contributed by atoms with E-state index >= 15 is 0 Å². The van der Waals surface area contributed by atoms with E-state index in [0.29, 0.717) is 12.0 Å². The number of rotatable bonds is 5. The molecule has 1 aromatic heterocycles. The van der Waals surface area contributed by atoms with Gasteiger partial charge in [-0.05, 0) is 25.8 Å². The van der Waals surface area contributed by atoms with E-state index in [1.54, 1.807) is 0 Å². The minimum Gasteiger partial charge on any atom is -0.466 e. The summed E-state index contributed by atoms with van der Waals surface area (Å²) in [6.45, 7) is 1.86. The van der Waals surface area contributed by atoms with E-state index in [9.17, 15) is 4.79 Å². The minimum atomic E-state index is -0.303. The molecule has 0 spiro atoms. The quantitative estimate of drug-likeness (QED) is 0.501. The average molecular weight is 357 g/mol. The highest BCUT2D eigenvalue weighted by atomic mass is 35.5. The molecule has 0 N–H and O–H groups in total. The van der Waals surface area contributed by atoms with Crippen molar-refractivity contribution in [1.29, 1.82) is 0 Å². The van der Waals surface area contributed by atoms with Gasteiger partial charge in [-0.3, -0.25) is 0 Å². The number of carbonyl (C=O) groups excluding carboxylic acids is 1. The van der Waals surface area contributed by atoms with Gasteiger partial charge in [-0.1, -0.05) is 54.1 Å². The first-order chi connectivity index (χ1) is 12.2. The van der Waals surface area contributed by atoms with Crippen molar-refractivity contribution in [1.82, 2.24) is 0 Å². The largest absolute Gasteiger partial charge is 0.466 e. The molecule has 1 aromatic carbocycles. The Kier molecular flexibility index (Phi) is 5.44. The van der Waals surface area contributed by atoms with Crippen LogP contribution < -0.4 is 0 Å². The van der Waals surface area contributed by atoms with Gasteiger partial charge in [-0.15, -0.1) is 0 Å². The highest BCUT2D eigenvalue weighted by Crippen LogP contribution is 2.44. The molecule has 0 saturated heterocycles. The monoisotopic (exact) mass is 356 g/mol. The van der Waals surface area contributed by atoms with Crippen LogP contribution in [0.5, 0.6) is 0 Å². The van der Waals surface area contributed by atoms with Crippen LogP contribution in [0.15, 0.2) is 58.0 Å². The first kappa shape index (κ1) is 17.6. The third-order valence-electron chi connectivity index (χ3n) is 4.77. The van der Waals surface area contributed by atoms with E-state index in [1.807, 2.05) is 37.3 Å². The molecule has 0 radical (unpaired) electrons. The van der Waals surface area contributed by atoms with Crippen LogP contribution in [0.2, 0.25) is 0 Å². The summed E-state index contributed by atoms with van der Waals surface area (Å²) in [6, 6.07) is 8.02. The Hall–Kier alpha value is -2.26. The number of esters is 1. The standard InChI is InChI=1S/C21H21ClO3/c1-3-14(21(23)24-2)15(11-7-13-22)17-9-6-10-18-16-8-4-5-12-19(16)25-20(17)18/h3-8,10,12-13,15,17H,9,11H2,1-2H3/b13-7+,14-3+. The number of carbonyl (C=O) groups is 1. The average Bonchev–Trinajstić information content (AvgIpc) is 3.03. The number of furan rings is 1. The van der Waals surface area contributed by atoms with Gasteiger partial charge < -0.3 is 9.15 Å². The Morgan fingerprint density at radius 2 is 2.24 bits per heavy atom. The zero-order valence-corrected chi connectivity index (χ0v) is 15.1. The maximum atomic E-state index is 12.3. The Morgan fingerprint density at radius 3 is 2.96 bits per heavy atom. The second-order valence-electron chi connectivity index (χ2n) is 6.06. The molecule has 3 nitrogen and oxygen atoms in total. The van der Waals surface area contributed by atoms with Crippen LogP contribution in [0.4, 0.5) is 0 Å². The fourth-order valence-corrected chi connectivity index (χ4v) is 3.73. The molecule has 0 amide bonds. The second-order valence-corrected chi connectivity index (χ2v) is 6.31. The fraction of sp³-hybridized carbons (Fsp3) is 0.286. The van der Waals surface area contributed by atoms with E-state index < -0.39 is 0 Å². The van der Waals surface area contributed by atoms with Crippen molar-refractivity contribution in [3.63, 3.8) is 0 Å². The number of hydrogen-bond donors (Lipinski definition) is 0. The lowest BCUT2D eigenvalue weighted by molar-refractivity contribution is -0.136. The first-order valence-electron chi connectivity index (χ1n) is 8.39. The molecule has 2 unspecified atom stereocenters. The van der Waals surface area contributed by atoms with E-state index in [4.69, 9.17) is 20.8 Å². The number of ether oxygens (including phenoxy) is 1. The van der Waals surface area contributed by atoms with Crippen LogP contribution in [0, 0.1) is 5.92 Å². The summed E-state index contributed by atoms with van der Waals surface area (Å²) in [4.78, 5) is 12.3. The molecule has 2 aromatic rings. The van der Waals surface area contributed by atoms with Gasteiger partial charge >= 0.3 is 5.97 Å². The summed E-state index contributed by atoms with van der Waals surface area (Å²) in [5, 5.41) is 1.10. The maximum Gasteiger partial charge on any atom is 0.333 e. The van der Waals surface area contributed by atoms with Crippen molar-refractivity contribution < 1.29 is 13.9 Å². The zero-order valence-electron chi connectivity index (χ0n) is 14.4. The van der Waals surface area contributed by atoms with Gasteiger partial charge in [0.15, 0.2) is 0 Å². The number of fused-ring (bicyclic) bond motifs is 3. The lowest BCUT2D eigenvalue weighted by Gasteiger charge is -2.27. The molecular weight excluding hydrogens is 336 g/mol. The topological polar surface area (TPSA) is 39.4 Å². The fourth-order valence-electron chi connectivity index (χ4n) is 3.63. The van der Waals surface area contributed by atoms with Crippen LogP contribution in [0.3, 0.4) is 0 Å². The maximum absolute atomic E-state index is 12.3. The van der Waals surface area contributed by atoms with Gasteiger partial charge in [0.1, 0.15) is 11.3 Å². The van der Waals surface area contributed by atoms with Crippen LogP contribution in [-0.2, 0) is 9.53 Å². The van der Waals surface area contributed by atoms with E-state index in [-0.39, 0.29) is 17.8 Å². The molecule has 0 bridgehead atoms. The molecule has 2 atom stereocenters. The molecule has 1 heterocycles. The summed E-state index contributed by atoms with van der Waals surface area (Å²) in [5.74, 6) is 0.630. The summed E-state index contributed by atoms with van der Waals surface area (Å²) >= 11 is 5.76. The summed E-state index contributed by atoms with van der Waals surface area (Å²) in [5.41, 5.74) is 4.13. The smallest absolute Gasteiger partial charge is 0.333 e. The molecule has 130 valence electrons. The lowest BCUT2D eigenvalue weighted by atomic mass is 9.76. The molecule has 4 heteroatoms. The predicted molar refractivity (Wildman–Crippen MR) is 101 cm³/mol. The normalized spacial score (nSPS) is 18.5. The third-order valence-corrected chi connectivity index (χ3v) is 4.95. The Morgan fingerprint density at radius 1 is 1.44 bits per heavy atom. The van der Waals surface area contributed by atoms with Gasteiger partial charge in [-0.25, -0.2) is 4.79 Å². The van der Waals surface area contributed by atoms with Crippen molar-refractivity contribution in [3.8, 4) is 0 Å². The predicted octanol–water partition coefficient (Wildman–Crippen LogP) is 5.81. The van der Waals surface area contributed by atoms with Crippen molar-refractivity contribution >= 4 is 34.6 Å². The molecule has 0 saturated carbocycles. The van der Waals surface area contributed by atoms with Gasteiger partial charge in [-0.2, -0.15) is 0 Å². The van der Waals surface area contributed by atoms with Crippen molar-refractivity contribution in [2.45, 2.75) is 25.7 Å². The number of hydrogen-bond acceptors (Lipinski definition) is 3. The van der Waals surface area contributed by atoms with Gasteiger partial charge in [0.2, 0.25) is 0 Å². The van der Waals surface area contributed by atoms with Crippen molar-refractivity contribution in [2.75, 3.05) is 7.11 Å². The van der Waals surface area contributed by atoms with Crippen LogP contribution in [0.25, 0.3) is 17.0 Å². The van der Waals surface area contributed by atoms with Gasteiger partial charge in [0.25, 0.3) is 0 Å². The molecule has 1 aliphatic rings. The second kappa shape index (κ2) is 7.75. The molecule has 3 rings (SSSR count). The Labute approximate surface area is 152 Å². The van der Waals surface area contributed by atoms with Crippen LogP contribution in [0.1, 0.15) is 37.0 Å². The van der Waals surface area contributed by atoms with E-state index in [1.165, 1.54) is 12.6 Å². The molecule has 0 fully saturated rings. The summed E-state index contributed by atoms with van der Waals surface area (Å²) in [7, 11) is 1.41. The van der Waals surface area contributed by atoms with Gasteiger partial charge in [0, 0.05) is 33.9 Å². The molecule has 1 aliphatic carbocycles. The SMILES string of the molecule is C/C=C(/C(=O)OC)C(C/C=C/Cl)C1CC=Cc2c1oc1ccccc21. The number of allylic oxidation sites excluding steroid dienone is 3. The number of methoxy groups -OCH3 is 1. The number of halogens is 1. The Balaban J connectivity index is 2.08.